The Morgan fingerprint density at radius 2 is 2.09 bits per heavy atom. The molecule has 0 saturated carbocycles. The number of carboxylic acids is 1. The number of imidazole rings is 1. The highest BCUT2D eigenvalue weighted by Crippen LogP contribution is 2.16. The van der Waals surface area contributed by atoms with Gasteiger partial charge in [-0.1, -0.05) is 0 Å². The lowest BCUT2D eigenvalue weighted by molar-refractivity contribution is -0.138. The Hall–Kier alpha value is -2.39. The number of nitrogens with one attached hydrogen (secondary N) is 2. The number of methoxy groups -OCH3 is 1. The molecule has 118 valence electrons. The van der Waals surface area contributed by atoms with E-state index in [4.69, 9.17) is 4.74 Å². The second-order valence-electron chi connectivity index (χ2n) is 4.47. The summed E-state index contributed by atoms with van der Waals surface area (Å²) in [6.45, 7) is 0. The number of hydrogen-bond acceptors (Lipinski definition) is 5. The molecule has 2 rings (SSSR count). The number of carbonyl (C=O) groups is 1. The van der Waals surface area contributed by atoms with Crippen LogP contribution in [0.25, 0.3) is 0 Å². The smallest absolute Gasteiger partial charge is 0.322 e. The quantitative estimate of drug-likeness (QED) is 0.677. The van der Waals surface area contributed by atoms with Crippen molar-refractivity contribution in [2.24, 2.45) is 0 Å². The van der Waals surface area contributed by atoms with Gasteiger partial charge in [0, 0.05) is 18.3 Å². The number of aliphatic carboxylic acids is 1. The Bertz CT molecular complexity index is 726. The van der Waals surface area contributed by atoms with Crippen LogP contribution in [0.3, 0.4) is 0 Å². The van der Waals surface area contributed by atoms with Crippen LogP contribution in [0.15, 0.2) is 41.7 Å². The molecule has 0 radical (unpaired) electrons. The van der Waals surface area contributed by atoms with Gasteiger partial charge < -0.3 is 14.8 Å². The minimum absolute atomic E-state index is 0.0370. The van der Waals surface area contributed by atoms with Gasteiger partial charge >= 0.3 is 5.97 Å². The van der Waals surface area contributed by atoms with Crippen LogP contribution in [0.4, 0.5) is 0 Å². The molecule has 0 fully saturated rings. The van der Waals surface area contributed by atoms with E-state index >= 15 is 0 Å². The molecule has 1 unspecified atom stereocenters. The molecule has 2 aromatic rings. The Morgan fingerprint density at radius 1 is 1.41 bits per heavy atom. The maximum absolute atomic E-state index is 12.2. The number of nitrogens with zero attached hydrogens (tertiary/aromatic N) is 1. The fraction of sp³-hybridized carbons (Fsp3) is 0.231. The Kier molecular flexibility index (Phi) is 4.78. The highest BCUT2D eigenvalue weighted by Gasteiger charge is 2.26. The Balaban J connectivity index is 2.18. The van der Waals surface area contributed by atoms with Crippen molar-refractivity contribution < 1.29 is 23.1 Å². The summed E-state index contributed by atoms with van der Waals surface area (Å²) in [4.78, 5) is 17.7. The summed E-state index contributed by atoms with van der Waals surface area (Å²) in [5.41, 5.74) is 0.518. The Labute approximate surface area is 127 Å². The van der Waals surface area contributed by atoms with E-state index in [1.807, 2.05) is 0 Å². The van der Waals surface area contributed by atoms with Gasteiger partial charge in [0.15, 0.2) is 0 Å². The van der Waals surface area contributed by atoms with Gasteiger partial charge in [0.25, 0.3) is 0 Å². The van der Waals surface area contributed by atoms with E-state index in [0.717, 1.165) is 0 Å². The molecule has 0 aliphatic carbocycles. The predicted octanol–water partition coefficient (Wildman–Crippen LogP) is 0.392. The van der Waals surface area contributed by atoms with E-state index in [0.29, 0.717) is 11.4 Å². The molecule has 0 spiro atoms. The summed E-state index contributed by atoms with van der Waals surface area (Å²) in [5.74, 6) is -0.766. The molecule has 0 saturated heterocycles. The number of hydrogen-bond donors (Lipinski definition) is 3. The zero-order valence-electron chi connectivity index (χ0n) is 11.7. The first-order valence-electron chi connectivity index (χ1n) is 6.29. The van der Waals surface area contributed by atoms with Crippen molar-refractivity contribution in [3.8, 4) is 5.75 Å². The van der Waals surface area contributed by atoms with Crippen molar-refractivity contribution in [3.63, 3.8) is 0 Å². The van der Waals surface area contributed by atoms with Crippen molar-refractivity contribution in [3.05, 3.63) is 42.5 Å². The summed E-state index contributed by atoms with van der Waals surface area (Å²) in [6.07, 6.45) is 2.80. The maximum Gasteiger partial charge on any atom is 0.322 e. The summed E-state index contributed by atoms with van der Waals surface area (Å²) >= 11 is 0. The lowest BCUT2D eigenvalue weighted by atomic mass is 10.2. The third-order valence-electron chi connectivity index (χ3n) is 2.94. The van der Waals surface area contributed by atoms with E-state index in [-0.39, 0.29) is 11.3 Å². The largest absolute Gasteiger partial charge is 0.497 e. The number of H-pyrrole nitrogens is 1. The monoisotopic (exact) mass is 325 g/mol. The summed E-state index contributed by atoms with van der Waals surface area (Å²) < 4.78 is 31.6. The Morgan fingerprint density at radius 3 is 2.59 bits per heavy atom. The molecule has 22 heavy (non-hydrogen) atoms. The molecule has 0 aliphatic rings. The number of ether oxygens (including phenoxy) is 1. The van der Waals surface area contributed by atoms with Gasteiger partial charge in [0.2, 0.25) is 10.0 Å². The average molecular weight is 325 g/mol. The number of carboxylic acid groups (broad SMARTS) is 1. The van der Waals surface area contributed by atoms with E-state index in [1.165, 1.54) is 43.9 Å². The van der Waals surface area contributed by atoms with Gasteiger partial charge in [-0.3, -0.25) is 4.79 Å². The third kappa shape index (κ3) is 3.83. The average Bonchev–Trinajstić information content (AvgIpc) is 2.99. The molecule has 0 amide bonds. The van der Waals surface area contributed by atoms with Crippen molar-refractivity contribution in [2.45, 2.75) is 17.4 Å². The van der Waals surface area contributed by atoms with E-state index in [2.05, 4.69) is 14.7 Å². The van der Waals surface area contributed by atoms with Gasteiger partial charge in [-0.25, -0.2) is 13.4 Å². The van der Waals surface area contributed by atoms with Gasteiger partial charge in [-0.2, -0.15) is 4.72 Å². The minimum Gasteiger partial charge on any atom is -0.497 e. The summed E-state index contributed by atoms with van der Waals surface area (Å²) in [7, 11) is -2.49. The highest BCUT2D eigenvalue weighted by atomic mass is 32.2. The molecule has 3 N–H and O–H groups in total. The van der Waals surface area contributed by atoms with Crippen molar-refractivity contribution in [2.75, 3.05) is 7.11 Å². The first-order valence-corrected chi connectivity index (χ1v) is 7.77. The first kappa shape index (κ1) is 16.0. The highest BCUT2D eigenvalue weighted by molar-refractivity contribution is 7.89. The molecule has 1 aromatic carbocycles. The molecule has 0 aliphatic heterocycles. The predicted molar refractivity (Wildman–Crippen MR) is 77.0 cm³/mol. The molecule has 8 nitrogen and oxygen atoms in total. The van der Waals surface area contributed by atoms with Crippen LogP contribution in [-0.2, 0) is 21.2 Å². The standard InChI is InChI=1S/C13H15N3O5S/c1-21-10-2-4-11(5-3-10)22(19,20)16-12(13(17)18)6-9-7-14-8-15-9/h2-5,7-8,12,16H,6H2,1H3,(H,14,15)(H,17,18). The minimum atomic E-state index is -3.95. The van der Waals surface area contributed by atoms with E-state index < -0.39 is 22.0 Å². The zero-order chi connectivity index (χ0) is 16.2. The van der Waals surface area contributed by atoms with Crippen molar-refractivity contribution >= 4 is 16.0 Å². The lowest BCUT2D eigenvalue weighted by Crippen LogP contribution is -2.42. The number of aromatic amines is 1. The van der Waals surface area contributed by atoms with Crippen LogP contribution in [0.1, 0.15) is 5.69 Å². The van der Waals surface area contributed by atoms with Gasteiger partial charge in [0.05, 0.1) is 18.3 Å². The number of aromatic nitrogens is 2. The second kappa shape index (κ2) is 6.58. The van der Waals surface area contributed by atoms with Crippen molar-refractivity contribution in [1.82, 2.24) is 14.7 Å². The lowest BCUT2D eigenvalue weighted by Gasteiger charge is -2.14. The number of rotatable bonds is 7. The maximum atomic E-state index is 12.2. The topological polar surface area (TPSA) is 121 Å². The third-order valence-corrected chi connectivity index (χ3v) is 4.43. The van der Waals surface area contributed by atoms with Gasteiger partial charge in [-0.15, -0.1) is 0 Å². The fourth-order valence-corrected chi connectivity index (χ4v) is 3.00. The molecular formula is C13H15N3O5S. The van der Waals surface area contributed by atoms with Crippen LogP contribution in [-0.4, -0.2) is 42.6 Å². The number of sulfonamides is 1. The van der Waals surface area contributed by atoms with Crippen molar-refractivity contribution in [1.29, 1.82) is 0 Å². The summed E-state index contributed by atoms with van der Waals surface area (Å²) in [5, 5.41) is 9.18. The first-order chi connectivity index (χ1) is 10.4. The van der Waals surface area contributed by atoms with Crippen LogP contribution in [0.5, 0.6) is 5.75 Å². The second-order valence-corrected chi connectivity index (χ2v) is 6.18. The van der Waals surface area contributed by atoms with Gasteiger partial charge in [0.1, 0.15) is 11.8 Å². The molecular weight excluding hydrogens is 310 g/mol. The van der Waals surface area contributed by atoms with Crippen LogP contribution >= 0.6 is 0 Å². The SMILES string of the molecule is COc1ccc(S(=O)(=O)NC(Cc2cnc[nH]2)C(=O)O)cc1. The van der Waals surface area contributed by atoms with Crippen LogP contribution in [0, 0.1) is 0 Å². The molecule has 1 aromatic heterocycles. The molecule has 0 bridgehead atoms. The molecule has 1 atom stereocenters. The van der Waals surface area contributed by atoms with Gasteiger partial charge in [-0.05, 0) is 24.3 Å². The molecule has 1 heterocycles. The van der Waals surface area contributed by atoms with E-state index in [1.54, 1.807) is 0 Å². The van der Waals surface area contributed by atoms with Crippen LogP contribution < -0.4 is 9.46 Å². The van der Waals surface area contributed by atoms with Crippen LogP contribution in [0.2, 0.25) is 0 Å². The summed E-state index contributed by atoms with van der Waals surface area (Å²) in [6, 6.07) is 4.36. The fourth-order valence-electron chi connectivity index (χ4n) is 1.81. The zero-order valence-corrected chi connectivity index (χ0v) is 12.5. The normalized spacial score (nSPS) is 12.8. The molecule has 9 heteroatoms. The van der Waals surface area contributed by atoms with E-state index in [9.17, 15) is 18.3 Å². The number of benzene rings is 1.